The van der Waals surface area contributed by atoms with E-state index in [0.717, 1.165) is 19.5 Å². The molecule has 0 spiro atoms. The van der Waals surface area contributed by atoms with Crippen LogP contribution in [0.5, 0.6) is 0 Å². The minimum Gasteiger partial charge on any atom is -0.360 e. The molecule has 1 unspecified atom stereocenters. The highest BCUT2D eigenvalue weighted by Crippen LogP contribution is 2.06. The molecule has 3 rings (SSSR count). The molecule has 23 heavy (non-hydrogen) atoms. The minimum absolute atomic E-state index is 0.000895. The van der Waals surface area contributed by atoms with Crippen molar-refractivity contribution in [2.24, 2.45) is 0 Å². The molecule has 2 aromatic rings. The summed E-state index contributed by atoms with van der Waals surface area (Å²) in [5.41, 5.74) is 0.316. The molecule has 4 N–H and O–H groups in total. The van der Waals surface area contributed by atoms with Gasteiger partial charge in [0.2, 0.25) is 11.3 Å². The van der Waals surface area contributed by atoms with Gasteiger partial charge in [-0.2, -0.15) is 0 Å². The van der Waals surface area contributed by atoms with E-state index in [1.54, 1.807) is 24.3 Å². The van der Waals surface area contributed by atoms with E-state index in [9.17, 15) is 14.4 Å². The Labute approximate surface area is 132 Å². The average molecular weight is 314 g/mol. The molecule has 0 radical (unpaired) electrons. The summed E-state index contributed by atoms with van der Waals surface area (Å²) in [6.07, 6.45) is 2.25. The molecule has 0 bridgehead atoms. The first-order chi connectivity index (χ1) is 11.1. The van der Waals surface area contributed by atoms with Gasteiger partial charge in [0.15, 0.2) is 0 Å². The summed E-state index contributed by atoms with van der Waals surface area (Å²) in [6, 6.07) is 7.07. The zero-order chi connectivity index (χ0) is 16.2. The number of amides is 2. The normalized spacial score (nSPS) is 17.1. The highest BCUT2D eigenvalue weighted by molar-refractivity contribution is 5.98. The first-order valence-electron chi connectivity index (χ1n) is 7.54. The van der Waals surface area contributed by atoms with Gasteiger partial charge < -0.3 is 20.9 Å². The lowest BCUT2D eigenvalue weighted by molar-refractivity contribution is -0.120. The number of pyridine rings is 1. The lowest BCUT2D eigenvalue weighted by Gasteiger charge is -2.11. The van der Waals surface area contributed by atoms with Crippen LogP contribution >= 0.6 is 0 Å². The summed E-state index contributed by atoms with van der Waals surface area (Å²) in [5, 5.41) is 8.91. The molecule has 1 atom stereocenters. The molecule has 1 aliphatic rings. The molecule has 0 saturated carbocycles. The molecule has 1 aromatic carbocycles. The van der Waals surface area contributed by atoms with Crippen molar-refractivity contribution in [1.29, 1.82) is 0 Å². The van der Waals surface area contributed by atoms with Gasteiger partial charge in [-0.25, -0.2) is 0 Å². The average Bonchev–Trinajstić information content (AvgIpc) is 3.06. The maximum Gasteiger partial charge on any atom is 0.257 e. The topological polar surface area (TPSA) is 103 Å². The fourth-order valence-electron chi connectivity index (χ4n) is 2.65. The van der Waals surface area contributed by atoms with Crippen LogP contribution < -0.4 is 21.4 Å². The summed E-state index contributed by atoms with van der Waals surface area (Å²) in [5.74, 6) is -0.819. The number of hydrogen-bond acceptors (Lipinski definition) is 4. The molecule has 7 nitrogen and oxygen atoms in total. The standard InChI is InChI=1S/C16H18N4O3/c21-14(20-10-5-6-17-7-10)9-19-16(23)12-8-18-13-4-2-1-3-11(13)15(12)22/h1-4,8,10,17H,5-7,9H2,(H,18,22)(H,19,23)(H,20,21). The van der Waals surface area contributed by atoms with E-state index < -0.39 is 5.91 Å². The highest BCUT2D eigenvalue weighted by atomic mass is 16.2. The molecule has 120 valence electrons. The molecule has 2 heterocycles. The van der Waals surface area contributed by atoms with Gasteiger partial charge in [-0.15, -0.1) is 0 Å². The Bertz CT molecular complexity index is 793. The largest absolute Gasteiger partial charge is 0.360 e. The van der Waals surface area contributed by atoms with Crippen LogP contribution in [0.2, 0.25) is 0 Å². The van der Waals surface area contributed by atoms with Gasteiger partial charge in [-0.1, -0.05) is 12.1 Å². The quantitative estimate of drug-likeness (QED) is 0.624. The van der Waals surface area contributed by atoms with Crippen LogP contribution in [0.1, 0.15) is 16.8 Å². The fraction of sp³-hybridized carbons (Fsp3) is 0.312. The summed E-state index contributed by atoms with van der Waals surface area (Å²) < 4.78 is 0. The maximum atomic E-state index is 12.3. The number of carbonyl (C=O) groups is 2. The van der Waals surface area contributed by atoms with Crippen LogP contribution in [0.3, 0.4) is 0 Å². The lowest BCUT2D eigenvalue weighted by atomic mass is 10.1. The molecule has 2 amide bonds. The van der Waals surface area contributed by atoms with E-state index in [4.69, 9.17) is 0 Å². The number of fused-ring (bicyclic) bond motifs is 1. The summed E-state index contributed by atoms with van der Waals surface area (Å²) in [4.78, 5) is 39.1. The van der Waals surface area contributed by atoms with E-state index in [0.29, 0.717) is 10.9 Å². The van der Waals surface area contributed by atoms with Crippen LogP contribution in [0.25, 0.3) is 10.9 Å². The second-order valence-electron chi connectivity index (χ2n) is 5.52. The van der Waals surface area contributed by atoms with Gasteiger partial charge in [0.25, 0.3) is 5.91 Å². The van der Waals surface area contributed by atoms with Gasteiger partial charge in [0.05, 0.1) is 6.54 Å². The van der Waals surface area contributed by atoms with Gasteiger partial charge in [-0.05, 0) is 25.1 Å². The second kappa shape index (κ2) is 6.62. The van der Waals surface area contributed by atoms with Gasteiger partial charge in [0, 0.05) is 29.7 Å². The van der Waals surface area contributed by atoms with Crippen LogP contribution in [-0.2, 0) is 4.79 Å². The van der Waals surface area contributed by atoms with Gasteiger partial charge in [0.1, 0.15) is 5.56 Å². The molecule has 0 aliphatic carbocycles. The number of rotatable bonds is 4. The van der Waals surface area contributed by atoms with Crippen molar-refractivity contribution in [2.45, 2.75) is 12.5 Å². The highest BCUT2D eigenvalue weighted by Gasteiger charge is 2.18. The van der Waals surface area contributed by atoms with E-state index >= 15 is 0 Å². The van der Waals surface area contributed by atoms with Gasteiger partial charge in [-0.3, -0.25) is 14.4 Å². The molecule has 1 fully saturated rings. The van der Waals surface area contributed by atoms with Gasteiger partial charge >= 0.3 is 0 Å². The Balaban J connectivity index is 1.65. The van der Waals surface area contributed by atoms with E-state index in [1.807, 2.05) is 0 Å². The van der Waals surface area contributed by atoms with Crippen molar-refractivity contribution in [3.63, 3.8) is 0 Å². The van der Waals surface area contributed by atoms with Crippen LogP contribution in [-0.4, -0.2) is 42.5 Å². The predicted octanol–water partition coefficient (Wildman–Crippen LogP) is -0.264. The number of carbonyl (C=O) groups excluding carboxylic acids is 2. The monoisotopic (exact) mass is 314 g/mol. The summed E-state index contributed by atoms with van der Waals surface area (Å²) in [6.45, 7) is 1.47. The smallest absolute Gasteiger partial charge is 0.257 e. The zero-order valence-corrected chi connectivity index (χ0v) is 12.5. The van der Waals surface area contributed by atoms with Crippen molar-refractivity contribution in [3.05, 3.63) is 46.2 Å². The zero-order valence-electron chi connectivity index (χ0n) is 12.5. The Morgan fingerprint density at radius 1 is 1.26 bits per heavy atom. The molecule has 7 heteroatoms. The van der Waals surface area contributed by atoms with Crippen LogP contribution in [0.4, 0.5) is 0 Å². The van der Waals surface area contributed by atoms with Crippen molar-refractivity contribution >= 4 is 22.7 Å². The molecule has 1 aliphatic heterocycles. The van der Waals surface area contributed by atoms with Crippen molar-refractivity contribution in [2.75, 3.05) is 19.6 Å². The minimum atomic E-state index is -0.559. The second-order valence-corrected chi connectivity index (χ2v) is 5.52. The summed E-state index contributed by atoms with van der Waals surface area (Å²) in [7, 11) is 0. The Morgan fingerprint density at radius 2 is 2.09 bits per heavy atom. The number of H-pyrrole nitrogens is 1. The van der Waals surface area contributed by atoms with Crippen molar-refractivity contribution in [1.82, 2.24) is 20.9 Å². The van der Waals surface area contributed by atoms with E-state index in [1.165, 1.54) is 6.20 Å². The first-order valence-corrected chi connectivity index (χ1v) is 7.54. The van der Waals surface area contributed by atoms with E-state index in [-0.39, 0.29) is 29.5 Å². The molecule has 1 aromatic heterocycles. The Hall–Kier alpha value is -2.67. The third kappa shape index (κ3) is 3.40. The number of hydrogen-bond donors (Lipinski definition) is 4. The number of benzene rings is 1. The SMILES string of the molecule is O=C(CNC(=O)c1c[nH]c2ccccc2c1=O)NC1CCNC1. The third-order valence-corrected chi connectivity index (χ3v) is 3.87. The van der Waals surface area contributed by atoms with Crippen LogP contribution in [0, 0.1) is 0 Å². The maximum absolute atomic E-state index is 12.3. The lowest BCUT2D eigenvalue weighted by Crippen LogP contribution is -2.43. The predicted molar refractivity (Wildman–Crippen MR) is 86.3 cm³/mol. The molecule has 1 saturated heterocycles. The van der Waals surface area contributed by atoms with E-state index in [2.05, 4.69) is 20.9 Å². The van der Waals surface area contributed by atoms with Crippen molar-refractivity contribution < 1.29 is 9.59 Å². The number of para-hydroxylation sites is 1. The first kappa shape index (κ1) is 15.2. The third-order valence-electron chi connectivity index (χ3n) is 3.87. The fourth-order valence-corrected chi connectivity index (χ4v) is 2.65. The Morgan fingerprint density at radius 3 is 2.87 bits per heavy atom. The van der Waals surface area contributed by atoms with Crippen molar-refractivity contribution in [3.8, 4) is 0 Å². The molecular formula is C16H18N4O3. The van der Waals surface area contributed by atoms with Crippen LogP contribution in [0.15, 0.2) is 35.3 Å². The number of aromatic amines is 1. The Kier molecular flexibility index (Phi) is 4.38. The summed E-state index contributed by atoms with van der Waals surface area (Å²) >= 11 is 0. The number of aromatic nitrogens is 1. The number of nitrogens with one attached hydrogen (secondary N) is 4. The molecular weight excluding hydrogens is 296 g/mol.